The zero-order valence-corrected chi connectivity index (χ0v) is 23.3. The summed E-state index contributed by atoms with van der Waals surface area (Å²) >= 11 is 6.54. The Morgan fingerprint density at radius 2 is 1.95 bits per heavy atom. The molecule has 2 amide bonds. The van der Waals surface area contributed by atoms with Crippen LogP contribution in [0.4, 0.5) is 35.3 Å². The largest absolute Gasteiger partial charge is 0.475 e. The molecule has 1 aromatic carbocycles. The quantitative estimate of drug-likeness (QED) is 0.314. The first-order chi connectivity index (χ1) is 20.3. The van der Waals surface area contributed by atoms with E-state index in [1.807, 2.05) is 0 Å². The molecule has 2 fully saturated rings. The van der Waals surface area contributed by atoms with Crippen LogP contribution in [0.15, 0.2) is 48.5 Å². The summed E-state index contributed by atoms with van der Waals surface area (Å²) in [5.74, 6) is 0.930. The van der Waals surface area contributed by atoms with Crippen LogP contribution in [0.25, 0.3) is 11.3 Å². The molecule has 42 heavy (non-hydrogen) atoms. The number of amides is 2. The molecule has 2 bridgehead atoms. The van der Waals surface area contributed by atoms with E-state index in [0.717, 1.165) is 31.4 Å². The molecule has 1 unspecified atom stereocenters. The van der Waals surface area contributed by atoms with Crippen molar-refractivity contribution in [2.75, 3.05) is 48.0 Å². The molecular weight excluding hydrogens is 575 g/mol. The Bertz CT molecular complexity index is 1450. The predicted octanol–water partition coefficient (Wildman–Crippen LogP) is 6.37. The van der Waals surface area contributed by atoms with E-state index in [0.29, 0.717) is 50.1 Å². The molecule has 13 heteroatoms. The maximum Gasteiger partial charge on any atom is 0.416 e. The van der Waals surface area contributed by atoms with Crippen LogP contribution in [0.3, 0.4) is 0 Å². The highest BCUT2D eigenvalue weighted by Crippen LogP contribution is 2.43. The maximum atomic E-state index is 13.6. The Kier molecular flexibility index (Phi) is 8.11. The summed E-state index contributed by atoms with van der Waals surface area (Å²) in [5.41, 5.74) is 0.204. The topological polar surface area (TPSA) is 89.0 Å². The van der Waals surface area contributed by atoms with Crippen LogP contribution in [-0.2, 0) is 15.7 Å². The second-order valence-electron chi connectivity index (χ2n) is 10.3. The van der Waals surface area contributed by atoms with Gasteiger partial charge in [0.1, 0.15) is 12.4 Å². The molecule has 6 rings (SSSR count). The number of hydrogen-bond donors (Lipinski definition) is 1. The summed E-state index contributed by atoms with van der Waals surface area (Å²) in [5, 5.41) is 3.02. The van der Waals surface area contributed by atoms with Crippen molar-refractivity contribution in [1.29, 1.82) is 0 Å². The van der Waals surface area contributed by atoms with Crippen LogP contribution in [0.1, 0.15) is 31.2 Å². The number of rotatable bonds is 7. The summed E-state index contributed by atoms with van der Waals surface area (Å²) in [6.45, 7) is 2.59. The van der Waals surface area contributed by atoms with E-state index in [1.165, 1.54) is 12.1 Å². The van der Waals surface area contributed by atoms with Crippen LogP contribution >= 0.6 is 11.6 Å². The number of fused-ring (bicyclic) bond motifs is 4. The Balaban J connectivity index is 1.19. The van der Waals surface area contributed by atoms with Gasteiger partial charge < -0.3 is 19.1 Å². The lowest BCUT2D eigenvalue weighted by Gasteiger charge is -2.36. The molecule has 2 saturated heterocycles. The van der Waals surface area contributed by atoms with Crippen molar-refractivity contribution >= 4 is 35.0 Å². The van der Waals surface area contributed by atoms with E-state index in [4.69, 9.17) is 25.8 Å². The first-order valence-electron chi connectivity index (χ1n) is 13.8. The summed E-state index contributed by atoms with van der Waals surface area (Å²) in [6, 6.07) is 10.9. The Labute approximate surface area is 245 Å². The number of alkyl halides is 3. The van der Waals surface area contributed by atoms with E-state index in [2.05, 4.69) is 20.2 Å². The fourth-order valence-electron chi connectivity index (χ4n) is 5.43. The maximum absolute atomic E-state index is 13.6. The van der Waals surface area contributed by atoms with Gasteiger partial charge in [-0.05, 0) is 49.9 Å². The van der Waals surface area contributed by atoms with Crippen LogP contribution in [0, 0.1) is 0 Å². The SMILES string of the molecule is O=C(Nc1cccc(OCCOC2CCCCO2)n1)N1c2nc(-c3cccc(C(F)(F)F)c3)c(Cl)cc2N2CC[C@H]1C2. The molecule has 222 valence electrons. The molecule has 0 spiro atoms. The molecule has 3 aromatic rings. The van der Waals surface area contributed by atoms with E-state index in [9.17, 15) is 18.0 Å². The van der Waals surface area contributed by atoms with Crippen molar-refractivity contribution in [2.24, 2.45) is 0 Å². The zero-order valence-electron chi connectivity index (χ0n) is 22.6. The monoisotopic (exact) mass is 603 g/mol. The number of halogens is 4. The van der Waals surface area contributed by atoms with Crippen LogP contribution in [0.5, 0.6) is 5.88 Å². The fraction of sp³-hybridized carbons (Fsp3) is 0.414. The Hall–Kier alpha value is -3.61. The number of carbonyl (C=O) groups excluding carboxylic acids is 1. The average molecular weight is 604 g/mol. The van der Waals surface area contributed by atoms with E-state index in [1.54, 1.807) is 29.2 Å². The predicted molar refractivity (Wildman–Crippen MR) is 151 cm³/mol. The number of ether oxygens (including phenoxy) is 3. The Morgan fingerprint density at radius 3 is 2.76 bits per heavy atom. The zero-order chi connectivity index (χ0) is 29.3. The molecule has 2 aromatic heterocycles. The lowest BCUT2D eigenvalue weighted by atomic mass is 10.1. The van der Waals surface area contributed by atoms with Gasteiger partial charge in [0.25, 0.3) is 0 Å². The van der Waals surface area contributed by atoms with E-state index < -0.39 is 17.8 Å². The van der Waals surface area contributed by atoms with Gasteiger partial charge in [-0.1, -0.05) is 29.8 Å². The summed E-state index contributed by atoms with van der Waals surface area (Å²) < 4.78 is 57.1. The molecule has 0 radical (unpaired) electrons. The molecule has 9 nitrogen and oxygen atoms in total. The van der Waals surface area contributed by atoms with Gasteiger partial charge in [0, 0.05) is 31.3 Å². The third-order valence-electron chi connectivity index (χ3n) is 7.45. The lowest BCUT2D eigenvalue weighted by molar-refractivity contribution is -0.165. The number of urea groups is 1. The van der Waals surface area contributed by atoms with E-state index in [-0.39, 0.29) is 41.0 Å². The molecule has 3 aliphatic rings. The normalized spacial score (nSPS) is 19.9. The Morgan fingerprint density at radius 1 is 1.10 bits per heavy atom. The van der Waals surface area contributed by atoms with E-state index >= 15 is 0 Å². The van der Waals surface area contributed by atoms with Gasteiger partial charge in [-0.25, -0.2) is 9.78 Å². The van der Waals surface area contributed by atoms with Crippen molar-refractivity contribution < 1.29 is 32.2 Å². The first kappa shape index (κ1) is 28.5. The third kappa shape index (κ3) is 6.11. The number of pyridine rings is 2. The molecule has 5 heterocycles. The molecule has 1 N–H and O–H groups in total. The summed E-state index contributed by atoms with van der Waals surface area (Å²) in [7, 11) is 0. The van der Waals surface area contributed by atoms with Gasteiger partial charge in [-0.3, -0.25) is 10.2 Å². The minimum Gasteiger partial charge on any atom is -0.475 e. The smallest absolute Gasteiger partial charge is 0.416 e. The first-order valence-corrected chi connectivity index (χ1v) is 14.2. The third-order valence-corrected chi connectivity index (χ3v) is 7.74. The lowest BCUT2D eigenvalue weighted by Crippen LogP contribution is -2.48. The highest BCUT2D eigenvalue weighted by atomic mass is 35.5. The van der Waals surface area contributed by atoms with Crippen molar-refractivity contribution in [3.05, 3.63) is 59.1 Å². The number of nitrogens with zero attached hydrogens (tertiary/aromatic N) is 4. The highest BCUT2D eigenvalue weighted by Gasteiger charge is 2.41. The van der Waals surface area contributed by atoms with Crippen LogP contribution < -0.4 is 19.9 Å². The van der Waals surface area contributed by atoms with Gasteiger partial charge in [-0.15, -0.1) is 0 Å². The molecule has 2 atom stereocenters. The summed E-state index contributed by atoms with van der Waals surface area (Å²) in [4.78, 5) is 26.3. The van der Waals surface area contributed by atoms with Gasteiger partial charge in [-0.2, -0.15) is 18.2 Å². The standard InChI is InChI=1S/C29H29ClF3N5O4/c30-21-16-22-27(36-26(21)18-5-3-6-19(15-18)29(31,32)33)38(20-10-11-37(22)17-20)28(39)35-23-7-4-8-24(34-23)40-13-14-42-25-9-1-2-12-41-25/h3-8,15-16,20,25H,1-2,9-14,17H2,(H,34,35,39)/t20-,25?/m0/s1. The van der Waals surface area contributed by atoms with Crippen molar-refractivity contribution in [3.63, 3.8) is 0 Å². The average Bonchev–Trinajstić information content (AvgIpc) is 3.40. The minimum absolute atomic E-state index is 0.163. The number of nitrogens with one attached hydrogen (secondary N) is 1. The fourth-order valence-corrected chi connectivity index (χ4v) is 5.69. The van der Waals surface area contributed by atoms with Crippen molar-refractivity contribution in [1.82, 2.24) is 9.97 Å². The van der Waals surface area contributed by atoms with Gasteiger partial charge in [0.2, 0.25) is 5.88 Å². The highest BCUT2D eigenvalue weighted by molar-refractivity contribution is 6.33. The second kappa shape index (κ2) is 11.9. The van der Waals surface area contributed by atoms with Crippen molar-refractivity contribution in [2.45, 2.75) is 44.2 Å². The molecule has 3 aliphatic heterocycles. The number of anilines is 3. The van der Waals surface area contributed by atoms with Gasteiger partial charge in [0.15, 0.2) is 12.1 Å². The van der Waals surface area contributed by atoms with Gasteiger partial charge >= 0.3 is 12.2 Å². The molecule has 0 saturated carbocycles. The number of aromatic nitrogens is 2. The van der Waals surface area contributed by atoms with Crippen LogP contribution in [-0.4, -0.2) is 61.2 Å². The van der Waals surface area contributed by atoms with Gasteiger partial charge in [0.05, 0.1) is 34.6 Å². The second-order valence-corrected chi connectivity index (χ2v) is 10.7. The van der Waals surface area contributed by atoms with Crippen LogP contribution in [0.2, 0.25) is 5.02 Å². The number of benzene rings is 1. The molecule has 0 aliphatic carbocycles. The number of hydrogen-bond acceptors (Lipinski definition) is 7. The summed E-state index contributed by atoms with van der Waals surface area (Å²) in [6.07, 6.45) is -1.05. The minimum atomic E-state index is -4.52. The molecular formula is C29H29ClF3N5O4. The number of carbonyl (C=O) groups is 1. The van der Waals surface area contributed by atoms with Crippen molar-refractivity contribution in [3.8, 4) is 17.1 Å².